The van der Waals surface area contributed by atoms with E-state index >= 15 is 0 Å². The fraction of sp³-hybridized carbons (Fsp3) is 0.278. The van der Waals surface area contributed by atoms with Gasteiger partial charge in [-0.15, -0.1) is 0 Å². The SMILES string of the molecule is Cn1ncnc1C(=O)N1CCc2[nH]cnc2[C@H]1c1cc2c(C(F)(F)F)cccn2n1. The number of carbonyl (C=O) groups is 1. The first kappa shape index (κ1) is 18.3. The molecule has 1 amide bonds. The molecule has 4 aromatic heterocycles. The first-order valence-corrected chi connectivity index (χ1v) is 9.07. The van der Waals surface area contributed by atoms with Gasteiger partial charge >= 0.3 is 6.18 Å². The fourth-order valence-electron chi connectivity index (χ4n) is 3.82. The Morgan fingerprint density at radius 3 is 2.87 bits per heavy atom. The van der Waals surface area contributed by atoms with Gasteiger partial charge < -0.3 is 9.88 Å². The predicted molar refractivity (Wildman–Crippen MR) is 96.4 cm³/mol. The van der Waals surface area contributed by atoms with Gasteiger partial charge in [-0.1, -0.05) is 0 Å². The molecule has 9 nitrogen and oxygen atoms in total. The molecule has 1 aliphatic rings. The molecular formula is C18H15F3N8O. The van der Waals surface area contributed by atoms with E-state index in [-0.39, 0.29) is 17.0 Å². The lowest BCUT2D eigenvalue weighted by molar-refractivity contribution is -0.136. The standard InChI is InChI=1S/C18H15F3N8O/c1-27-16(24-9-25-27)17(30)28-6-4-11-14(23-8-22-11)15(28)12-7-13-10(18(19,20)21)3-2-5-29(13)26-12/h2-3,5,7-9,15H,4,6H2,1H3,(H,22,23)/t15-/m1/s1. The van der Waals surface area contributed by atoms with Crippen molar-refractivity contribution in [1.82, 2.24) is 39.2 Å². The molecule has 30 heavy (non-hydrogen) atoms. The summed E-state index contributed by atoms with van der Waals surface area (Å²) in [6.07, 6.45) is 0.212. The summed E-state index contributed by atoms with van der Waals surface area (Å²) in [4.78, 5) is 26.1. The lowest BCUT2D eigenvalue weighted by Gasteiger charge is -2.33. The van der Waals surface area contributed by atoms with E-state index in [4.69, 9.17) is 0 Å². The second kappa shape index (κ2) is 6.40. The van der Waals surface area contributed by atoms with E-state index in [1.165, 1.54) is 45.1 Å². The van der Waals surface area contributed by atoms with Crippen molar-refractivity contribution in [2.45, 2.75) is 18.6 Å². The number of amides is 1. The van der Waals surface area contributed by atoms with E-state index in [0.29, 0.717) is 18.7 Å². The van der Waals surface area contributed by atoms with Crippen molar-refractivity contribution in [3.05, 3.63) is 65.5 Å². The minimum atomic E-state index is -4.53. The first-order chi connectivity index (χ1) is 14.3. The molecule has 1 N–H and O–H groups in total. The number of aromatic amines is 1. The number of nitrogens with one attached hydrogen (secondary N) is 1. The number of halogens is 3. The Morgan fingerprint density at radius 2 is 2.13 bits per heavy atom. The molecule has 0 unspecified atom stereocenters. The van der Waals surface area contributed by atoms with Crippen LogP contribution in [-0.2, 0) is 19.6 Å². The molecule has 0 aromatic carbocycles. The zero-order valence-electron chi connectivity index (χ0n) is 15.6. The largest absolute Gasteiger partial charge is 0.418 e. The van der Waals surface area contributed by atoms with Crippen LogP contribution in [0.2, 0.25) is 0 Å². The van der Waals surface area contributed by atoms with Gasteiger partial charge in [0.05, 0.1) is 28.8 Å². The van der Waals surface area contributed by atoms with Crippen LogP contribution >= 0.6 is 0 Å². The molecule has 0 aliphatic carbocycles. The molecule has 0 bridgehead atoms. The van der Waals surface area contributed by atoms with E-state index in [9.17, 15) is 18.0 Å². The van der Waals surface area contributed by atoms with Crippen LogP contribution in [0.5, 0.6) is 0 Å². The number of fused-ring (bicyclic) bond motifs is 2. The number of hydrogen-bond acceptors (Lipinski definition) is 5. The van der Waals surface area contributed by atoms with Crippen LogP contribution in [-0.4, -0.2) is 51.7 Å². The van der Waals surface area contributed by atoms with Crippen molar-refractivity contribution in [1.29, 1.82) is 0 Å². The molecule has 4 aromatic rings. The number of imidazole rings is 1. The Kier molecular flexibility index (Phi) is 3.91. The summed E-state index contributed by atoms with van der Waals surface area (Å²) < 4.78 is 42.9. The second-order valence-corrected chi connectivity index (χ2v) is 6.94. The zero-order chi connectivity index (χ0) is 21.0. The van der Waals surface area contributed by atoms with Gasteiger partial charge in [0.15, 0.2) is 0 Å². The van der Waals surface area contributed by atoms with E-state index < -0.39 is 23.7 Å². The summed E-state index contributed by atoms with van der Waals surface area (Å²) in [6, 6.07) is 2.89. The van der Waals surface area contributed by atoms with Crippen LogP contribution < -0.4 is 0 Å². The molecule has 154 valence electrons. The third-order valence-electron chi connectivity index (χ3n) is 5.19. The molecular weight excluding hydrogens is 401 g/mol. The van der Waals surface area contributed by atoms with Gasteiger partial charge in [-0.2, -0.15) is 23.4 Å². The number of pyridine rings is 1. The maximum atomic E-state index is 13.5. The van der Waals surface area contributed by atoms with Crippen molar-refractivity contribution >= 4 is 11.4 Å². The Labute approximate surface area is 167 Å². The smallest absolute Gasteiger partial charge is 0.348 e. The van der Waals surface area contributed by atoms with E-state index in [1.54, 1.807) is 7.05 Å². The van der Waals surface area contributed by atoms with Crippen molar-refractivity contribution in [3.8, 4) is 0 Å². The molecule has 5 rings (SSSR count). The van der Waals surface area contributed by atoms with Gasteiger partial charge in [0.1, 0.15) is 12.4 Å². The summed E-state index contributed by atoms with van der Waals surface area (Å²) in [6.45, 7) is 0.325. The highest BCUT2D eigenvalue weighted by atomic mass is 19.4. The zero-order valence-corrected chi connectivity index (χ0v) is 15.6. The molecule has 5 heterocycles. The maximum absolute atomic E-state index is 13.5. The molecule has 1 atom stereocenters. The summed E-state index contributed by atoms with van der Waals surface area (Å²) in [5, 5.41) is 8.28. The monoisotopic (exact) mass is 416 g/mol. The number of hydrogen-bond donors (Lipinski definition) is 1. The topological polar surface area (TPSA) is 97.0 Å². The average molecular weight is 416 g/mol. The van der Waals surface area contributed by atoms with E-state index in [2.05, 4.69) is 25.1 Å². The number of H-pyrrole nitrogens is 1. The molecule has 0 radical (unpaired) electrons. The summed E-state index contributed by atoms with van der Waals surface area (Å²) in [7, 11) is 1.60. The van der Waals surface area contributed by atoms with Crippen LogP contribution in [0.25, 0.3) is 5.52 Å². The van der Waals surface area contributed by atoms with Crippen molar-refractivity contribution in [2.75, 3.05) is 6.54 Å². The lowest BCUT2D eigenvalue weighted by Crippen LogP contribution is -2.42. The minimum Gasteiger partial charge on any atom is -0.348 e. The normalized spacial score (nSPS) is 16.8. The third kappa shape index (κ3) is 2.75. The van der Waals surface area contributed by atoms with Gasteiger partial charge in [-0.3, -0.25) is 4.79 Å². The first-order valence-electron chi connectivity index (χ1n) is 9.07. The molecule has 0 saturated heterocycles. The molecule has 0 spiro atoms. The Balaban J connectivity index is 1.66. The Morgan fingerprint density at radius 1 is 1.30 bits per heavy atom. The number of carbonyl (C=O) groups excluding carboxylic acids is 1. The van der Waals surface area contributed by atoms with Gasteiger partial charge in [0, 0.05) is 31.9 Å². The minimum absolute atomic E-state index is 0.0892. The quantitative estimate of drug-likeness (QED) is 0.539. The third-order valence-corrected chi connectivity index (χ3v) is 5.19. The summed E-state index contributed by atoms with van der Waals surface area (Å²) in [5.74, 6) is -0.277. The predicted octanol–water partition coefficient (Wildman–Crippen LogP) is 1.99. The lowest BCUT2D eigenvalue weighted by atomic mass is 9.99. The summed E-state index contributed by atoms with van der Waals surface area (Å²) >= 11 is 0. The van der Waals surface area contributed by atoms with Gasteiger partial charge in [0.25, 0.3) is 5.91 Å². The van der Waals surface area contributed by atoms with Crippen molar-refractivity contribution in [3.63, 3.8) is 0 Å². The van der Waals surface area contributed by atoms with Crippen LogP contribution in [0.1, 0.15) is 39.3 Å². The fourth-order valence-corrected chi connectivity index (χ4v) is 3.82. The highest BCUT2D eigenvalue weighted by molar-refractivity contribution is 5.91. The number of alkyl halides is 3. The molecule has 12 heteroatoms. The Bertz CT molecular complexity index is 1250. The average Bonchev–Trinajstić information content (AvgIpc) is 3.43. The highest BCUT2D eigenvalue weighted by Gasteiger charge is 2.39. The highest BCUT2D eigenvalue weighted by Crippen LogP contribution is 2.37. The number of aryl methyl sites for hydroxylation is 1. The van der Waals surface area contributed by atoms with Gasteiger partial charge in [-0.25, -0.2) is 19.2 Å². The van der Waals surface area contributed by atoms with Crippen LogP contribution in [0.15, 0.2) is 37.1 Å². The van der Waals surface area contributed by atoms with Crippen LogP contribution in [0, 0.1) is 0 Å². The van der Waals surface area contributed by atoms with Gasteiger partial charge in [-0.05, 0) is 18.2 Å². The maximum Gasteiger partial charge on any atom is 0.418 e. The molecule has 1 aliphatic heterocycles. The van der Waals surface area contributed by atoms with E-state index in [0.717, 1.165) is 11.8 Å². The van der Waals surface area contributed by atoms with Crippen molar-refractivity contribution in [2.24, 2.45) is 7.05 Å². The van der Waals surface area contributed by atoms with Crippen LogP contribution in [0.3, 0.4) is 0 Å². The number of rotatable bonds is 2. The second-order valence-electron chi connectivity index (χ2n) is 6.94. The number of aromatic nitrogens is 7. The van der Waals surface area contributed by atoms with Crippen LogP contribution in [0.4, 0.5) is 13.2 Å². The number of nitrogens with zero attached hydrogens (tertiary/aromatic N) is 7. The summed E-state index contributed by atoms with van der Waals surface area (Å²) in [5.41, 5.74) is 0.765. The molecule has 0 saturated carbocycles. The van der Waals surface area contributed by atoms with Crippen molar-refractivity contribution < 1.29 is 18.0 Å². The molecule has 0 fully saturated rings. The van der Waals surface area contributed by atoms with E-state index in [1.807, 2.05) is 0 Å². The Hall–Kier alpha value is -3.70. The van der Waals surface area contributed by atoms with Gasteiger partial charge in [0.2, 0.25) is 5.82 Å².